The second-order valence-electron chi connectivity index (χ2n) is 5.45. The average molecular weight is 376 g/mol. The van der Waals surface area contributed by atoms with Gasteiger partial charge >= 0.3 is 12.0 Å². The Kier molecular flexibility index (Phi) is 4.34. The minimum atomic E-state index is -4.16. The molecule has 0 saturated carbocycles. The molecule has 0 saturated heterocycles. The van der Waals surface area contributed by atoms with Crippen LogP contribution in [0.5, 0.6) is 6.01 Å². The summed E-state index contributed by atoms with van der Waals surface area (Å²) in [5.74, 6) is 0.252. The number of nitrogens with two attached hydrogens (primary N) is 1. The number of sulfonamides is 1. The Balaban J connectivity index is 2.16. The van der Waals surface area contributed by atoms with Crippen LogP contribution in [-0.4, -0.2) is 41.1 Å². The van der Waals surface area contributed by atoms with E-state index < -0.39 is 16.1 Å². The minimum Gasteiger partial charge on any atom is -0.467 e. The van der Waals surface area contributed by atoms with Gasteiger partial charge in [0.05, 0.1) is 12.6 Å². The van der Waals surface area contributed by atoms with E-state index in [1.165, 1.54) is 7.11 Å². The molecule has 0 aliphatic rings. The van der Waals surface area contributed by atoms with Crippen molar-refractivity contribution in [2.45, 2.75) is 18.9 Å². The predicted octanol–water partition coefficient (Wildman–Crippen LogP) is 1.18. The van der Waals surface area contributed by atoms with E-state index in [4.69, 9.17) is 9.88 Å². The number of anilines is 1. The van der Waals surface area contributed by atoms with Crippen LogP contribution < -0.4 is 15.2 Å². The van der Waals surface area contributed by atoms with Gasteiger partial charge in [-0.25, -0.2) is 18.4 Å². The van der Waals surface area contributed by atoms with Gasteiger partial charge in [-0.05, 0) is 25.5 Å². The lowest BCUT2D eigenvalue weighted by atomic mass is 10.2. The largest absolute Gasteiger partial charge is 0.467 e. The molecule has 0 spiro atoms. The summed E-state index contributed by atoms with van der Waals surface area (Å²) in [7, 11) is -2.78. The third-order valence-electron chi connectivity index (χ3n) is 3.67. The van der Waals surface area contributed by atoms with E-state index in [2.05, 4.69) is 20.3 Å². The van der Waals surface area contributed by atoms with Crippen LogP contribution in [-0.2, 0) is 10.0 Å². The van der Waals surface area contributed by atoms with Crippen LogP contribution in [0.1, 0.15) is 11.4 Å². The van der Waals surface area contributed by atoms with Crippen molar-refractivity contribution in [3.63, 3.8) is 0 Å². The number of carbonyl (C=O) groups is 1. The second kappa shape index (κ2) is 6.35. The number of ether oxygens (including phenoxy) is 1. The standard InChI is InChI=1S/C15H16N6O4S/c1-8-10-6-4-5-7-11(10)21(12(8)26(16,23)24)15(22)20-13-17-9(2)18-14(19-13)25-3/h4-7H,1-3H3,(H2,16,23,24)(H,17,18,19,20,22). The van der Waals surface area contributed by atoms with Crippen LogP contribution in [0.25, 0.3) is 10.9 Å². The predicted molar refractivity (Wildman–Crippen MR) is 93.6 cm³/mol. The summed E-state index contributed by atoms with van der Waals surface area (Å²) in [6, 6.07) is 6.01. The summed E-state index contributed by atoms with van der Waals surface area (Å²) < 4.78 is 30.1. The lowest BCUT2D eigenvalue weighted by molar-refractivity contribution is 0.252. The van der Waals surface area contributed by atoms with Crippen LogP contribution in [0.2, 0.25) is 0 Å². The van der Waals surface area contributed by atoms with Crippen molar-refractivity contribution in [1.29, 1.82) is 0 Å². The number of aromatic nitrogens is 4. The Morgan fingerprint density at radius 2 is 1.88 bits per heavy atom. The van der Waals surface area contributed by atoms with Gasteiger partial charge in [0, 0.05) is 5.39 Å². The number of primary sulfonamides is 1. The fraction of sp³-hybridized carbons (Fsp3) is 0.200. The van der Waals surface area contributed by atoms with Crippen LogP contribution in [0, 0.1) is 13.8 Å². The first-order valence-corrected chi connectivity index (χ1v) is 8.98. The van der Waals surface area contributed by atoms with E-state index in [1.807, 2.05) is 0 Å². The lowest BCUT2D eigenvalue weighted by Gasteiger charge is -2.10. The number of aryl methyl sites for hydroxylation is 2. The van der Waals surface area contributed by atoms with Gasteiger partial charge in [0.2, 0.25) is 5.95 Å². The third-order valence-corrected chi connectivity index (χ3v) is 4.70. The van der Waals surface area contributed by atoms with E-state index in [0.29, 0.717) is 22.3 Å². The van der Waals surface area contributed by atoms with Gasteiger partial charge < -0.3 is 4.74 Å². The lowest BCUT2D eigenvalue weighted by Crippen LogP contribution is -2.27. The van der Waals surface area contributed by atoms with Gasteiger partial charge in [0.15, 0.2) is 5.03 Å². The second-order valence-corrected chi connectivity index (χ2v) is 6.93. The van der Waals surface area contributed by atoms with Crippen LogP contribution in [0.3, 0.4) is 0 Å². The van der Waals surface area contributed by atoms with E-state index in [-0.39, 0.29) is 17.0 Å². The quantitative estimate of drug-likeness (QED) is 0.699. The van der Waals surface area contributed by atoms with Crippen molar-refractivity contribution in [2.24, 2.45) is 5.14 Å². The van der Waals surface area contributed by atoms with Gasteiger partial charge in [-0.1, -0.05) is 18.2 Å². The van der Waals surface area contributed by atoms with Crippen molar-refractivity contribution in [3.8, 4) is 6.01 Å². The van der Waals surface area contributed by atoms with Gasteiger partial charge in [-0.3, -0.25) is 9.88 Å². The molecule has 1 amide bonds. The number of carbonyl (C=O) groups excluding carboxylic acids is 1. The summed E-state index contributed by atoms with van der Waals surface area (Å²) in [5.41, 5.74) is 0.770. The van der Waals surface area contributed by atoms with E-state index in [1.54, 1.807) is 38.1 Å². The van der Waals surface area contributed by atoms with E-state index in [0.717, 1.165) is 4.57 Å². The van der Waals surface area contributed by atoms with E-state index >= 15 is 0 Å². The summed E-state index contributed by atoms with van der Waals surface area (Å²) in [4.78, 5) is 24.7. The number of hydrogen-bond donors (Lipinski definition) is 2. The minimum absolute atomic E-state index is 0.0213. The molecule has 3 N–H and O–H groups in total. The maximum absolute atomic E-state index is 12.8. The Morgan fingerprint density at radius 3 is 2.54 bits per heavy atom. The number of methoxy groups -OCH3 is 1. The van der Waals surface area contributed by atoms with Crippen molar-refractivity contribution in [2.75, 3.05) is 12.4 Å². The van der Waals surface area contributed by atoms with Crippen molar-refractivity contribution in [3.05, 3.63) is 35.7 Å². The molecule has 26 heavy (non-hydrogen) atoms. The number of hydrogen-bond acceptors (Lipinski definition) is 7. The molecule has 2 heterocycles. The van der Waals surface area contributed by atoms with E-state index in [9.17, 15) is 13.2 Å². The molecule has 10 nitrogen and oxygen atoms in total. The van der Waals surface area contributed by atoms with Crippen LogP contribution in [0.15, 0.2) is 29.3 Å². The van der Waals surface area contributed by atoms with Gasteiger partial charge in [-0.15, -0.1) is 0 Å². The summed E-state index contributed by atoms with van der Waals surface area (Å²) in [5, 5.41) is 8.08. The molecule has 2 aromatic heterocycles. The van der Waals surface area contributed by atoms with Crippen molar-refractivity contribution >= 4 is 32.9 Å². The Hall–Kier alpha value is -3.05. The zero-order valence-corrected chi connectivity index (χ0v) is 15.0. The number of benzene rings is 1. The zero-order chi connectivity index (χ0) is 19.1. The number of fused-ring (bicyclic) bond motifs is 1. The Bertz CT molecular complexity index is 1120. The molecule has 0 fully saturated rings. The first-order valence-electron chi connectivity index (χ1n) is 7.43. The maximum atomic E-state index is 12.8. The molecule has 0 aliphatic carbocycles. The topological polar surface area (TPSA) is 142 Å². The third kappa shape index (κ3) is 3.09. The van der Waals surface area contributed by atoms with Gasteiger partial charge in [0.25, 0.3) is 10.0 Å². The SMILES string of the molecule is COc1nc(C)nc(NC(=O)n2c(S(N)(=O)=O)c(C)c3ccccc32)n1. The Labute approximate surface area is 149 Å². The molecule has 0 bridgehead atoms. The zero-order valence-electron chi connectivity index (χ0n) is 14.2. The highest BCUT2D eigenvalue weighted by atomic mass is 32.2. The number of amides is 1. The van der Waals surface area contributed by atoms with Gasteiger partial charge in [0.1, 0.15) is 5.82 Å². The summed E-state index contributed by atoms with van der Waals surface area (Å²) in [6.07, 6.45) is 0. The number of nitrogens with zero attached hydrogens (tertiary/aromatic N) is 4. The van der Waals surface area contributed by atoms with Crippen molar-refractivity contribution in [1.82, 2.24) is 19.5 Å². The summed E-state index contributed by atoms with van der Waals surface area (Å²) >= 11 is 0. The average Bonchev–Trinajstić information content (AvgIpc) is 2.87. The molecule has 0 unspecified atom stereocenters. The van der Waals surface area contributed by atoms with Crippen LogP contribution >= 0.6 is 0 Å². The molecule has 3 rings (SSSR count). The summed E-state index contributed by atoms with van der Waals surface area (Å²) in [6.45, 7) is 3.19. The monoisotopic (exact) mass is 376 g/mol. The highest BCUT2D eigenvalue weighted by Crippen LogP contribution is 2.28. The maximum Gasteiger partial charge on any atom is 0.333 e. The fourth-order valence-corrected chi connectivity index (χ4v) is 3.65. The molecule has 1 aromatic carbocycles. The number of para-hydroxylation sites is 1. The van der Waals surface area contributed by atoms with Crippen LogP contribution in [0.4, 0.5) is 10.7 Å². The molecule has 0 aliphatic heterocycles. The highest BCUT2D eigenvalue weighted by Gasteiger charge is 2.26. The number of nitrogens with one attached hydrogen (secondary N) is 1. The fourth-order valence-electron chi connectivity index (χ4n) is 2.68. The highest BCUT2D eigenvalue weighted by molar-refractivity contribution is 7.89. The smallest absolute Gasteiger partial charge is 0.333 e. The molecular formula is C15H16N6O4S. The van der Waals surface area contributed by atoms with Gasteiger partial charge in [-0.2, -0.15) is 15.0 Å². The van der Waals surface area contributed by atoms with Crippen molar-refractivity contribution < 1.29 is 17.9 Å². The first-order chi connectivity index (χ1) is 12.2. The normalized spacial score (nSPS) is 11.5. The Morgan fingerprint density at radius 1 is 1.19 bits per heavy atom. The first kappa shape index (κ1) is 17.8. The molecule has 136 valence electrons. The molecule has 11 heteroatoms. The molecule has 3 aromatic rings. The molecule has 0 radical (unpaired) electrons. The number of rotatable bonds is 3. The molecular weight excluding hydrogens is 360 g/mol. The molecule has 0 atom stereocenters.